The first-order valence-corrected chi connectivity index (χ1v) is 5.14. The van der Waals surface area contributed by atoms with Gasteiger partial charge in [-0.1, -0.05) is 6.07 Å². The van der Waals surface area contributed by atoms with Gasteiger partial charge in [0.1, 0.15) is 0 Å². The molecule has 1 fully saturated rings. The van der Waals surface area contributed by atoms with Gasteiger partial charge in [0.2, 0.25) is 5.91 Å². The molecule has 1 aliphatic carbocycles. The van der Waals surface area contributed by atoms with Crippen molar-refractivity contribution in [2.75, 3.05) is 5.32 Å². The lowest BCUT2D eigenvalue weighted by Crippen LogP contribution is -2.14. The van der Waals surface area contributed by atoms with Gasteiger partial charge in [0, 0.05) is 18.1 Å². The predicted molar refractivity (Wildman–Crippen MR) is 59.2 cm³/mol. The number of nitro benzene ring substituents is 1. The number of nitro groups is 1. The van der Waals surface area contributed by atoms with Gasteiger partial charge in [-0.05, 0) is 25.3 Å². The molecule has 2 rings (SSSR count). The minimum absolute atomic E-state index is 0.00306. The number of hydrogen-bond acceptors (Lipinski definition) is 3. The summed E-state index contributed by atoms with van der Waals surface area (Å²) in [5.41, 5.74) is 1.36. The molecule has 0 saturated heterocycles. The fourth-order valence-corrected chi connectivity index (χ4v) is 1.44. The van der Waals surface area contributed by atoms with Gasteiger partial charge in [0.25, 0.3) is 5.69 Å². The lowest BCUT2D eigenvalue weighted by atomic mass is 10.1. The second kappa shape index (κ2) is 3.92. The number of benzene rings is 1. The summed E-state index contributed by atoms with van der Waals surface area (Å²) in [6.45, 7) is 1.81. The van der Waals surface area contributed by atoms with Crippen LogP contribution in [-0.4, -0.2) is 10.8 Å². The van der Waals surface area contributed by atoms with E-state index in [0.29, 0.717) is 5.69 Å². The highest BCUT2D eigenvalue weighted by Gasteiger charge is 2.30. The fourth-order valence-electron chi connectivity index (χ4n) is 1.44. The Morgan fingerprint density at radius 2 is 2.19 bits per heavy atom. The molecule has 16 heavy (non-hydrogen) atoms. The zero-order valence-corrected chi connectivity index (χ0v) is 8.90. The Morgan fingerprint density at radius 3 is 2.75 bits per heavy atom. The molecule has 0 atom stereocenters. The number of carbonyl (C=O) groups is 1. The monoisotopic (exact) mass is 220 g/mol. The van der Waals surface area contributed by atoms with E-state index >= 15 is 0 Å². The minimum atomic E-state index is -0.466. The highest BCUT2D eigenvalue weighted by molar-refractivity contribution is 5.94. The van der Waals surface area contributed by atoms with E-state index in [4.69, 9.17) is 0 Å². The first kappa shape index (κ1) is 10.6. The number of anilines is 1. The molecule has 1 amide bonds. The van der Waals surface area contributed by atoms with Crippen molar-refractivity contribution in [1.82, 2.24) is 0 Å². The van der Waals surface area contributed by atoms with Gasteiger partial charge >= 0.3 is 0 Å². The topological polar surface area (TPSA) is 72.2 Å². The normalized spacial score (nSPS) is 14.6. The van der Waals surface area contributed by atoms with Crippen molar-refractivity contribution in [3.63, 3.8) is 0 Å². The maximum atomic E-state index is 11.5. The van der Waals surface area contributed by atoms with E-state index < -0.39 is 4.92 Å². The van der Waals surface area contributed by atoms with Gasteiger partial charge in [-0.25, -0.2) is 0 Å². The van der Waals surface area contributed by atoms with Crippen molar-refractivity contribution in [1.29, 1.82) is 0 Å². The highest BCUT2D eigenvalue weighted by Crippen LogP contribution is 2.31. The Kier molecular flexibility index (Phi) is 2.60. The lowest BCUT2D eigenvalue weighted by Gasteiger charge is -2.07. The fraction of sp³-hybridized carbons (Fsp3) is 0.364. The number of amides is 1. The SMILES string of the molecule is Cc1ccc([N+](=O)[O-])cc1NC(=O)C1CC1. The van der Waals surface area contributed by atoms with E-state index in [1.165, 1.54) is 12.1 Å². The number of non-ortho nitro benzene ring substituents is 1. The summed E-state index contributed by atoms with van der Waals surface area (Å²) < 4.78 is 0. The van der Waals surface area contributed by atoms with Crippen molar-refractivity contribution < 1.29 is 9.72 Å². The van der Waals surface area contributed by atoms with Crippen LogP contribution in [0.25, 0.3) is 0 Å². The van der Waals surface area contributed by atoms with Crippen LogP contribution in [0.2, 0.25) is 0 Å². The Morgan fingerprint density at radius 1 is 1.50 bits per heavy atom. The van der Waals surface area contributed by atoms with E-state index in [9.17, 15) is 14.9 Å². The molecule has 5 nitrogen and oxygen atoms in total. The summed E-state index contributed by atoms with van der Waals surface area (Å²) in [5.74, 6) is 0.0576. The summed E-state index contributed by atoms with van der Waals surface area (Å²) in [5, 5.41) is 13.3. The van der Waals surface area contributed by atoms with Crippen LogP contribution >= 0.6 is 0 Å². The van der Waals surface area contributed by atoms with E-state index in [0.717, 1.165) is 18.4 Å². The van der Waals surface area contributed by atoms with Gasteiger partial charge in [0.05, 0.1) is 10.6 Å². The quantitative estimate of drug-likeness (QED) is 0.627. The molecule has 1 N–H and O–H groups in total. The second-order valence-electron chi connectivity index (χ2n) is 4.02. The number of nitrogens with zero attached hydrogens (tertiary/aromatic N) is 1. The molecule has 1 aromatic carbocycles. The molecule has 0 bridgehead atoms. The number of hydrogen-bond donors (Lipinski definition) is 1. The van der Waals surface area contributed by atoms with Crippen LogP contribution in [-0.2, 0) is 4.79 Å². The Labute approximate surface area is 92.6 Å². The number of rotatable bonds is 3. The molecule has 0 unspecified atom stereocenters. The molecule has 1 saturated carbocycles. The summed E-state index contributed by atoms with van der Waals surface area (Å²) in [4.78, 5) is 21.7. The smallest absolute Gasteiger partial charge is 0.271 e. The zero-order chi connectivity index (χ0) is 11.7. The maximum Gasteiger partial charge on any atom is 0.271 e. The third kappa shape index (κ3) is 2.18. The third-order valence-electron chi connectivity index (χ3n) is 2.64. The number of aryl methyl sites for hydroxylation is 1. The summed E-state index contributed by atoms with van der Waals surface area (Å²) in [6, 6.07) is 4.47. The zero-order valence-electron chi connectivity index (χ0n) is 8.90. The lowest BCUT2D eigenvalue weighted by molar-refractivity contribution is -0.384. The van der Waals surface area contributed by atoms with Crippen molar-refractivity contribution in [3.05, 3.63) is 33.9 Å². The van der Waals surface area contributed by atoms with Crippen LogP contribution in [0.5, 0.6) is 0 Å². The first-order valence-electron chi connectivity index (χ1n) is 5.14. The molecular weight excluding hydrogens is 208 g/mol. The molecule has 84 valence electrons. The average Bonchev–Trinajstić information content (AvgIpc) is 3.04. The summed E-state index contributed by atoms with van der Waals surface area (Å²) in [6.07, 6.45) is 1.83. The Hall–Kier alpha value is -1.91. The van der Waals surface area contributed by atoms with Crippen LogP contribution in [0.3, 0.4) is 0 Å². The molecular formula is C11H12N2O3. The van der Waals surface area contributed by atoms with Gasteiger partial charge in [-0.2, -0.15) is 0 Å². The van der Waals surface area contributed by atoms with Crippen LogP contribution in [0.4, 0.5) is 11.4 Å². The van der Waals surface area contributed by atoms with Crippen molar-refractivity contribution in [2.24, 2.45) is 5.92 Å². The van der Waals surface area contributed by atoms with Crippen molar-refractivity contribution >= 4 is 17.3 Å². The molecule has 1 aromatic rings. The Bertz CT molecular complexity index is 453. The molecule has 0 heterocycles. The van der Waals surface area contributed by atoms with Gasteiger partial charge in [-0.15, -0.1) is 0 Å². The van der Waals surface area contributed by atoms with Crippen LogP contribution in [0.1, 0.15) is 18.4 Å². The Balaban J connectivity index is 2.20. The van der Waals surface area contributed by atoms with E-state index in [-0.39, 0.29) is 17.5 Å². The van der Waals surface area contributed by atoms with E-state index in [2.05, 4.69) is 5.32 Å². The highest BCUT2D eigenvalue weighted by atomic mass is 16.6. The molecule has 1 aliphatic rings. The molecule has 0 aliphatic heterocycles. The van der Waals surface area contributed by atoms with Gasteiger partial charge in [-0.3, -0.25) is 14.9 Å². The van der Waals surface area contributed by atoms with E-state index in [1.807, 2.05) is 6.92 Å². The van der Waals surface area contributed by atoms with E-state index in [1.54, 1.807) is 6.07 Å². The predicted octanol–water partition coefficient (Wildman–Crippen LogP) is 2.25. The molecule has 5 heteroatoms. The minimum Gasteiger partial charge on any atom is -0.325 e. The standard InChI is InChI=1S/C11H12N2O3/c1-7-2-5-9(13(15)16)6-10(7)12-11(14)8-3-4-8/h2,5-6,8H,3-4H2,1H3,(H,12,14). The van der Waals surface area contributed by atoms with Crippen LogP contribution in [0.15, 0.2) is 18.2 Å². The maximum absolute atomic E-state index is 11.5. The number of carbonyl (C=O) groups excluding carboxylic acids is 1. The van der Waals surface area contributed by atoms with Gasteiger partial charge < -0.3 is 5.32 Å². The number of nitrogens with one attached hydrogen (secondary N) is 1. The molecule has 0 spiro atoms. The third-order valence-corrected chi connectivity index (χ3v) is 2.64. The van der Waals surface area contributed by atoms with Crippen molar-refractivity contribution in [2.45, 2.75) is 19.8 Å². The summed E-state index contributed by atoms with van der Waals surface area (Å²) in [7, 11) is 0. The average molecular weight is 220 g/mol. The van der Waals surface area contributed by atoms with Crippen LogP contribution < -0.4 is 5.32 Å². The summed E-state index contributed by atoms with van der Waals surface area (Å²) >= 11 is 0. The van der Waals surface area contributed by atoms with Crippen molar-refractivity contribution in [3.8, 4) is 0 Å². The first-order chi connectivity index (χ1) is 7.58. The molecule has 0 aromatic heterocycles. The molecule has 0 radical (unpaired) electrons. The van der Waals surface area contributed by atoms with Crippen LogP contribution in [0, 0.1) is 23.0 Å². The second-order valence-corrected chi connectivity index (χ2v) is 4.02. The van der Waals surface area contributed by atoms with Gasteiger partial charge in [0.15, 0.2) is 0 Å². The largest absolute Gasteiger partial charge is 0.325 e.